The average molecular weight is 663 g/mol. The summed E-state index contributed by atoms with van der Waals surface area (Å²) in [5.41, 5.74) is 0. The van der Waals surface area contributed by atoms with Crippen molar-refractivity contribution in [3.05, 3.63) is 85.0 Å². The Kier molecular flexibility index (Phi) is 14.3. The first-order valence-electron chi connectivity index (χ1n) is 17.7. The first-order chi connectivity index (χ1) is 21.7. The maximum absolute atomic E-state index is 12.7. The Hall–Kier alpha value is -2.26. The fourth-order valence-corrected chi connectivity index (χ4v) is 12.1. The van der Waals surface area contributed by atoms with Crippen molar-refractivity contribution in [3.8, 4) is 0 Å². The molecule has 0 N–H and O–H groups in total. The van der Waals surface area contributed by atoms with Crippen LogP contribution >= 0.6 is 0 Å². The van der Waals surface area contributed by atoms with Gasteiger partial charge < -0.3 is 13.6 Å². The van der Waals surface area contributed by atoms with E-state index in [9.17, 15) is 4.79 Å². The van der Waals surface area contributed by atoms with E-state index in [0.29, 0.717) is 6.42 Å². The third kappa shape index (κ3) is 10.4. The molecule has 0 aromatic heterocycles. The van der Waals surface area contributed by atoms with Gasteiger partial charge in [0, 0.05) is 6.42 Å². The Bertz CT molecular complexity index is 1200. The molecule has 4 nitrogen and oxygen atoms in total. The summed E-state index contributed by atoms with van der Waals surface area (Å²) in [5, 5.41) is 2.37. The van der Waals surface area contributed by atoms with E-state index in [-0.39, 0.29) is 34.4 Å². The van der Waals surface area contributed by atoms with Crippen LogP contribution in [0, 0.1) is 0 Å². The number of carbonyl (C=O) groups is 1. The summed E-state index contributed by atoms with van der Waals surface area (Å²) < 4.78 is 21.2. The monoisotopic (exact) mass is 662 g/mol. The van der Waals surface area contributed by atoms with E-state index in [2.05, 4.69) is 147 Å². The number of ether oxygens (including phenoxy) is 1. The second-order valence-corrected chi connectivity index (χ2v) is 24.5. The zero-order valence-electron chi connectivity index (χ0n) is 30.3. The van der Waals surface area contributed by atoms with Crippen LogP contribution in [0.15, 0.2) is 85.0 Å². The van der Waals surface area contributed by atoms with Crippen molar-refractivity contribution in [3.63, 3.8) is 0 Å². The van der Waals surface area contributed by atoms with Crippen LogP contribution in [-0.4, -0.2) is 40.9 Å². The summed E-state index contributed by atoms with van der Waals surface area (Å²) in [4.78, 5) is 12.7. The number of cyclic esters (lactones) is 1. The lowest BCUT2D eigenvalue weighted by atomic mass is 10.0. The lowest BCUT2D eigenvalue weighted by Gasteiger charge is -2.47. The minimum absolute atomic E-state index is 0.0170. The van der Waals surface area contributed by atoms with Crippen molar-refractivity contribution in [2.24, 2.45) is 0 Å². The molecule has 2 aromatic carbocycles. The smallest absolute Gasteiger partial charge is 0.306 e. The number of allylic oxidation sites excluding steroid dienone is 1. The number of benzene rings is 2. The van der Waals surface area contributed by atoms with Crippen LogP contribution in [0.5, 0.6) is 0 Å². The number of carbonyl (C=O) groups excluding carboxylic acids is 1. The molecule has 6 heteroatoms. The SMILES string of the molecule is CC/C=C\C[C@H](O[Si](c1ccccc1)(c1ccccc1)C(C)(C)C)[C@@H](/C=C/[C@@H]1CCCCCCCC(=O)O1)O[Si](C)(C)C(C)(C)C. The molecule has 3 atom stereocenters. The Labute approximate surface area is 283 Å². The number of esters is 1. The zero-order valence-corrected chi connectivity index (χ0v) is 32.3. The van der Waals surface area contributed by atoms with Gasteiger partial charge in [0.25, 0.3) is 8.32 Å². The van der Waals surface area contributed by atoms with Crippen molar-refractivity contribution in [2.45, 2.75) is 148 Å². The Morgan fingerprint density at radius 3 is 1.91 bits per heavy atom. The summed E-state index contributed by atoms with van der Waals surface area (Å²) in [6.07, 6.45) is 16.4. The van der Waals surface area contributed by atoms with Crippen molar-refractivity contribution in [2.75, 3.05) is 0 Å². The number of hydrogen-bond donors (Lipinski definition) is 0. The summed E-state index contributed by atoms with van der Waals surface area (Å²) >= 11 is 0. The maximum atomic E-state index is 12.7. The average Bonchev–Trinajstić information content (AvgIpc) is 3.00. The van der Waals surface area contributed by atoms with Crippen LogP contribution in [-0.2, 0) is 18.4 Å². The number of hydrogen-bond acceptors (Lipinski definition) is 4. The van der Waals surface area contributed by atoms with Gasteiger partial charge in [-0.3, -0.25) is 4.79 Å². The highest BCUT2D eigenvalue weighted by atomic mass is 28.4. The van der Waals surface area contributed by atoms with Gasteiger partial charge in [-0.1, -0.05) is 147 Å². The minimum Gasteiger partial charge on any atom is -0.458 e. The van der Waals surface area contributed by atoms with Gasteiger partial charge in [0.15, 0.2) is 8.32 Å². The van der Waals surface area contributed by atoms with Crippen molar-refractivity contribution in [1.82, 2.24) is 0 Å². The first-order valence-corrected chi connectivity index (χ1v) is 22.5. The molecule has 3 rings (SSSR count). The molecule has 254 valence electrons. The first kappa shape index (κ1) is 38.2. The van der Waals surface area contributed by atoms with Gasteiger partial charge in [-0.2, -0.15) is 0 Å². The van der Waals surface area contributed by atoms with Crippen LogP contribution in [0.1, 0.15) is 106 Å². The molecule has 2 aromatic rings. The largest absolute Gasteiger partial charge is 0.458 e. The predicted molar refractivity (Wildman–Crippen MR) is 200 cm³/mol. The van der Waals surface area contributed by atoms with E-state index in [4.69, 9.17) is 13.6 Å². The third-order valence-electron chi connectivity index (χ3n) is 9.79. The lowest BCUT2D eigenvalue weighted by molar-refractivity contribution is -0.147. The van der Waals surface area contributed by atoms with Gasteiger partial charge in [-0.15, -0.1) is 0 Å². The van der Waals surface area contributed by atoms with Gasteiger partial charge in [0.1, 0.15) is 6.10 Å². The molecule has 0 saturated carbocycles. The van der Waals surface area contributed by atoms with Crippen molar-refractivity contribution >= 4 is 33.0 Å². The highest BCUT2D eigenvalue weighted by Crippen LogP contribution is 2.41. The van der Waals surface area contributed by atoms with E-state index in [1.54, 1.807) is 0 Å². The maximum Gasteiger partial charge on any atom is 0.306 e. The zero-order chi connectivity index (χ0) is 33.8. The molecule has 1 aliphatic rings. The highest BCUT2D eigenvalue weighted by Gasteiger charge is 2.52. The van der Waals surface area contributed by atoms with Crippen molar-refractivity contribution in [1.29, 1.82) is 0 Å². The predicted octanol–water partition coefficient (Wildman–Crippen LogP) is 9.89. The lowest BCUT2D eigenvalue weighted by Crippen LogP contribution is -2.68. The molecular formula is C40H62O4Si2. The molecule has 1 fully saturated rings. The quantitative estimate of drug-likeness (QED) is 0.129. The number of rotatable bonds is 12. The van der Waals surface area contributed by atoms with Gasteiger partial charge in [-0.25, -0.2) is 0 Å². The standard InChI is InChI=1S/C40H62O4Si2/c1-10-11-17-29-36(44-46(40(5,6)7,34-25-19-15-20-26-34)35-27-21-16-22-28-35)37(43-45(8,9)39(2,3)4)32-31-33-24-18-13-12-14-23-30-38(41)42-33/h11,15-17,19-22,25-28,31-33,36-37H,10,12-14,18,23-24,29-30H2,1-9H3/b17-11-,32-31+/t33-,36-,37+/m0/s1. The van der Waals surface area contributed by atoms with Crippen LogP contribution in [0.2, 0.25) is 23.2 Å². The Morgan fingerprint density at radius 2 is 1.37 bits per heavy atom. The molecule has 1 heterocycles. The summed E-state index contributed by atoms with van der Waals surface area (Å²) in [7, 11) is -5.12. The fraction of sp³-hybridized carbons (Fsp3) is 0.575. The van der Waals surface area contributed by atoms with E-state index in [1.165, 1.54) is 23.2 Å². The summed E-state index contributed by atoms with van der Waals surface area (Å²) in [6.45, 7) is 20.7. The van der Waals surface area contributed by atoms with Crippen LogP contribution in [0.25, 0.3) is 0 Å². The Balaban J connectivity index is 2.19. The van der Waals surface area contributed by atoms with E-state index >= 15 is 0 Å². The summed E-state index contributed by atoms with van der Waals surface area (Å²) in [6, 6.07) is 21.7. The van der Waals surface area contributed by atoms with E-state index in [0.717, 1.165) is 38.5 Å². The van der Waals surface area contributed by atoms with Crippen molar-refractivity contribution < 1.29 is 18.4 Å². The molecule has 0 unspecified atom stereocenters. The topological polar surface area (TPSA) is 44.8 Å². The second-order valence-electron chi connectivity index (χ2n) is 15.5. The fourth-order valence-electron chi connectivity index (χ4n) is 6.12. The van der Waals surface area contributed by atoms with Crippen LogP contribution < -0.4 is 10.4 Å². The Morgan fingerprint density at radius 1 is 0.804 bits per heavy atom. The molecular weight excluding hydrogens is 601 g/mol. The minimum atomic E-state index is -2.88. The molecule has 46 heavy (non-hydrogen) atoms. The van der Waals surface area contributed by atoms with Crippen LogP contribution in [0.4, 0.5) is 0 Å². The summed E-state index contributed by atoms with van der Waals surface area (Å²) in [5.74, 6) is -0.0931. The molecule has 0 bridgehead atoms. The second kappa shape index (κ2) is 17.2. The van der Waals surface area contributed by atoms with Gasteiger partial charge in [0.05, 0.1) is 12.2 Å². The van der Waals surface area contributed by atoms with Gasteiger partial charge >= 0.3 is 5.97 Å². The molecule has 0 radical (unpaired) electrons. The molecule has 0 amide bonds. The molecule has 1 aliphatic heterocycles. The highest BCUT2D eigenvalue weighted by molar-refractivity contribution is 6.99. The van der Waals surface area contributed by atoms with Gasteiger partial charge in [0.2, 0.25) is 0 Å². The molecule has 0 aliphatic carbocycles. The third-order valence-corrected chi connectivity index (χ3v) is 19.3. The van der Waals surface area contributed by atoms with Crippen LogP contribution in [0.3, 0.4) is 0 Å². The molecule has 0 spiro atoms. The van der Waals surface area contributed by atoms with E-state index in [1.807, 2.05) is 0 Å². The molecule has 1 saturated heterocycles. The normalized spacial score (nSPS) is 19.2. The van der Waals surface area contributed by atoms with E-state index < -0.39 is 16.6 Å². The van der Waals surface area contributed by atoms with Gasteiger partial charge in [-0.05, 0) is 71.7 Å².